The zero-order valence-electron chi connectivity index (χ0n) is 19.7. The van der Waals surface area contributed by atoms with Gasteiger partial charge in [0.15, 0.2) is 16.6 Å². The van der Waals surface area contributed by atoms with Crippen LogP contribution in [0.3, 0.4) is 0 Å². The summed E-state index contributed by atoms with van der Waals surface area (Å²) in [5.74, 6) is 2.07. The van der Waals surface area contributed by atoms with E-state index < -0.39 is 0 Å². The third-order valence-electron chi connectivity index (χ3n) is 4.71. The number of benzene rings is 2. The van der Waals surface area contributed by atoms with Crippen LogP contribution in [-0.4, -0.2) is 45.6 Å². The standard InChI is InChI=1S/C24H31N3O5S/c1-15(2)23(27-24(33)25-17-8-10-18(29-3)11-9-17)26-21(28)12-7-16-13-19(30-4)22(32-6)20(14-16)31-5/h7-15,23H,1-6H3,(H,26,28)(H2,25,27,33)/b12-7+. The molecule has 3 N–H and O–H groups in total. The van der Waals surface area contributed by atoms with Gasteiger partial charge < -0.3 is 34.9 Å². The molecule has 0 heterocycles. The number of nitrogens with one attached hydrogen (secondary N) is 3. The van der Waals surface area contributed by atoms with Crippen molar-refractivity contribution in [2.45, 2.75) is 20.0 Å². The highest BCUT2D eigenvalue weighted by atomic mass is 32.1. The summed E-state index contributed by atoms with van der Waals surface area (Å²) in [7, 11) is 6.23. The van der Waals surface area contributed by atoms with Gasteiger partial charge in [-0.3, -0.25) is 4.79 Å². The van der Waals surface area contributed by atoms with E-state index in [0.29, 0.717) is 22.4 Å². The minimum Gasteiger partial charge on any atom is -0.497 e. The first-order valence-corrected chi connectivity index (χ1v) is 10.7. The van der Waals surface area contributed by atoms with Crippen LogP contribution in [-0.2, 0) is 4.79 Å². The van der Waals surface area contributed by atoms with Gasteiger partial charge in [-0.25, -0.2) is 0 Å². The van der Waals surface area contributed by atoms with Crippen molar-refractivity contribution >= 4 is 35.0 Å². The van der Waals surface area contributed by atoms with Crippen molar-refractivity contribution in [3.63, 3.8) is 0 Å². The minimum absolute atomic E-state index is 0.0825. The third-order valence-corrected chi connectivity index (χ3v) is 4.93. The molecule has 0 aromatic heterocycles. The number of amides is 1. The summed E-state index contributed by atoms with van der Waals surface area (Å²) < 4.78 is 21.2. The van der Waals surface area contributed by atoms with Gasteiger partial charge >= 0.3 is 0 Å². The molecule has 0 saturated heterocycles. The average molecular weight is 474 g/mol. The number of hydrogen-bond acceptors (Lipinski definition) is 6. The molecule has 1 atom stereocenters. The van der Waals surface area contributed by atoms with Crippen LogP contribution in [0.25, 0.3) is 6.08 Å². The maximum Gasteiger partial charge on any atom is 0.245 e. The van der Waals surface area contributed by atoms with Crippen molar-refractivity contribution in [1.82, 2.24) is 10.6 Å². The average Bonchev–Trinajstić information content (AvgIpc) is 2.81. The van der Waals surface area contributed by atoms with E-state index >= 15 is 0 Å². The molecule has 9 heteroatoms. The lowest BCUT2D eigenvalue weighted by Crippen LogP contribution is -2.51. The summed E-state index contributed by atoms with van der Waals surface area (Å²) in [4.78, 5) is 12.6. The second-order valence-corrected chi connectivity index (χ2v) is 7.76. The number of ether oxygens (including phenoxy) is 4. The second-order valence-electron chi connectivity index (χ2n) is 7.35. The molecular weight excluding hydrogens is 442 g/mol. The van der Waals surface area contributed by atoms with E-state index in [1.807, 2.05) is 38.1 Å². The molecule has 0 fully saturated rings. The Balaban J connectivity index is 2.03. The Kier molecular flexibility index (Phi) is 9.81. The number of thiocarbonyl (C=S) groups is 1. The number of rotatable bonds is 10. The van der Waals surface area contributed by atoms with Gasteiger partial charge in [0.25, 0.3) is 0 Å². The van der Waals surface area contributed by atoms with E-state index in [0.717, 1.165) is 17.0 Å². The Morgan fingerprint density at radius 3 is 2.00 bits per heavy atom. The smallest absolute Gasteiger partial charge is 0.245 e. The molecule has 0 radical (unpaired) electrons. The Hall–Kier alpha value is -3.46. The van der Waals surface area contributed by atoms with Crippen LogP contribution in [0.5, 0.6) is 23.0 Å². The molecule has 0 aliphatic heterocycles. The van der Waals surface area contributed by atoms with Gasteiger partial charge in [-0.2, -0.15) is 0 Å². The van der Waals surface area contributed by atoms with Crippen molar-refractivity contribution < 1.29 is 23.7 Å². The van der Waals surface area contributed by atoms with Crippen LogP contribution in [0.1, 0.15) is 19.4 Å². The number of carbonyl (C=O) groups excluding carboxylic acids is 1. The van der Waals surface area contributed by atoms with Gasteiger partial charge in [0.05, 0.1) is 28.4 Å². The second kappa shape index (κ2) is 12.5. The number of methoxy groups -OCH3 is 4. The Morgan fingerprint density at radius 1 is 0.909 bits per heavy atom. The predicted octanol–water partition coefficient (Wildman–Crippen LogP) is 3.82. The van der Waals surface area contributed by atoms with Crippen molar-refractivity contribution in [2.75, 3.05) is 33.8 Å². The molecule has 1 amide bonds. The normalized spacial score (nSPS) is 11.6. The molecule has 178 valence electrons. The Morgan fingerprint density at radius 2 is 1.52 bits per heavy atom. The molecule has 2 rings (SSSR count). The molecule has 0 saturated carbocycles. The Labute approximate surface area is 200 Å². The van der Waals surface area contributed by atoms with E-state index in [1.54, 1.807) is 39.5 Å². The highest BCUT2D eigenvalue weighted by Crippen LogP contribution is 2.38. The largest absolute Gasteiger partial charge is 0.497 e. The van der Waals surface area contributed by atoms with Gasteiger partial charge in [-0.15, -0.1) is 0 Å². The van der Waals surface area contributed by atoms with Crippen LogP contribution in [0.2, 0.25) is 0 Å². The SMILES string of the molecule is COc1ccc(NC(=S)NC(NC(=O)/C=C/c2cc(OC)c(OC)c(OC)c2)C(C)C)cc1. The predicted molar refractivity (Wildman–Crippen MR) is 134 cm³/mol. The van der Waals surface area contributed by atoms with E-state index in [2.05, 4.69) is 16.0 Å². The first kappa shape index (κ1) is 25.8. The van der Waals surface area contributed by atoms with E-state index in [4.69, 9.17) is 31.2 Å². The van der Waals surface area contributed by atoms with E-state index in [9.17, 15) is 4.79 Å². The fourth-order valence-corrected chi connectivity index (χ4v) is 3.17. The van der Waals surface area contributed by atoms with Crippen molar-refractivity contribution in [1.29, 1.82) is 0 Å². The summed E-state index contributed by atoms with van der Waals surface area (Å²) >= 11 is 5.40. The summed E-state index contributed by atoms with van der Waals surface area (Å²) in [6.07, 6.45) is 2.74. The van der Waals surface area contributed by atoms with Crippen LogP contribution in [0.4, 0.5) is 5.69 Å². The number of hydrogen-bond donors (Lipinski definition) is 3. The van der Waals surface area contributed by atoms with Gasteiger partial charge in [0.2, 0.25) is 11.7 Å². The fourth-order valence-electron chi connectivity index (χ4n) is 2.92. The quantitative estimate of drug-likeness (QED) is 0.273. The summed E-state index contributed by atoms with van der Waals surface area (Å²) in [5.41, 5.74) is 1.54. The Bertz CT molecular complexity index is 952. The third kappa shape index (κ3) is 7.57. The summed E-state index contributed by atoms with van der Waals surface area (Å²) in [5, 5.41) is 9.57. The topological polar surface area (TPSA) is 90.1 Å². The van der Waals surface area contributed by atoms with Gasteiger partial charge in [-0.1, -0.05) is 13.8 Å². The molecule has 0 spiro atoms. The fraction of sp³-hybridized carbons (Fsp3) is 0.333. The minimum atomic E-state index is -0.375. The lowest BCUT2D eigenvalue weighted by Gasteiger charge is -2.25. The van der Waals surface area contributed by atoms with Crippen LogP contribution < -0.4 is 34.9 Å². The van der Waals surface area contributed by atoms with Crippen LogP contribution in [0, 0.1) is 5.92 Å². The zero-order valence-corrected chi connectivity index (χ0v) is 20.5. The van der Waals surface area contributed by atoms with Gasteiger partial charge in [0, 0.05) is 11.8 Å². The number of anilines is 1. The van der Waals surface area contributed by atoms with Crippen LogP contribution in [0.15, 0.2) is 42.5 Å². The molecule has 2 aromatic carbocycles. The monoisotopic (exact) mass is 473 g/mol. The highest BCUT2D eigenvalue weighted by Gasteiger charge is 2.17. The van der Waals surface area contributed by atoms with E-state index in [-0.39, 0.29) is 18.0 Å². The molecule has 0 aliphatic carbocycles. The van der Waals surface area contributed by atoms with Crippen molar-refractivity contribution in [3.8, 4) is 23.0 Å². The summed E-state index contributed by atoms with van der Waals surface area (Å²) in [6.45, 7) is 3.97. The molecule has 0 aliphatic rings. The zero-order chi connectivity index (χ0) is 24.4. The van der Waals surface area contributed by atoms with Crippen molar-refractivity contribution in [2.24, 2.45) is 5.92 Å². The molecule has 8 nitrogen and oxygen atoms in total. The lowest BCUT2D eigenvalue weighted by molar-refractivity contribution is -0.117. The van der Waals surface area contributed by atoms with Gasteiger partial charge in [0.1, 0.15) is 11.9 Å². The molecule has 0 bridgehead atoms. The maximum absolute atomic E-state index is 12.6. The first-order valence-electron chi connectivity index (χ1n) is 10.3. The summed E-state index contributed by atoms with van der Waals surface area (Å²) in [6, 6.07) is 10.9. The molecule has 33 heavy (non-hydrogen) atoms. The van der Waals surface area contributed by atoms with E-state index in [1.165, 1.54) is 13.2 Å². The lowest BCUT2D eigenvalue weighted by atomic mass is 10.1. The highest BCUT2D eigenvalue weighted by molar-refractivity contribution is 7.80. The molecule has 2 aromatic rings. The maximum atomic E-state index is 12.6. The van der Waals surface area contributed by atoms with Gasteiger partial charge in [-0.05, 0) is 66.2 Å². The first-order chi connectivity index (χ1) is 15.8. The van der Waals surface area contributed by atoms with Crippen LogP contribution >= 0.6 is 12.2 Å². The van der Waals surface area contributed by atoms with Crippen molar-refractivity contribution in [3.05, 3.63) is 48.0 Å². The molecule has 1 unspecified atom stereocenters. The molecular formula is C24H31N3O5S. The number of carbonyl (C=O) groups is 1.